The second-order valence-electron chi connectivity index (χ2n) is 4.68. The SMILES string of the molecule is CC(C)OP(=O)(OC(C)(C)C)c1cn[nH]n1. The van der Waals surface area contributed by atoms with Crippen LogP contribution in [0.5, 0.6) is 0 Å². The number of hydrogen-bond acceptors (Lipinski definition) is 5. The third-order valence-corrected chi connectivity index (χ3v) is 3.69. The number of H-pyrrole nitrogens is 1. The van der Waals surface area contributed by atoms with Gasteiger partial charge in [0.1, 0.15) is 0 Å². The van der Waals surface area contributed by atoms with Gasteiger partial charge in [0, 0.05) is 0 Å². The Balaban J connectivity index is 2.99. The molecule has 6 nitrogen and oxygen atoms in total. The van der Waals surface area contributed by atoms with Crippen LogP contribution in [0.1, 0.15) is 34.6 Å². The molecule has 1 heterocycles. The molecule has 0 aliphatic heterocycles. The average molecular weight is 247 g/mol. The van der Waals surface area contributed by atoms with E-state index in [0.717, 1.165) is 0 Å². The van der Waals surface area contributed by atoms with E-state index in [9.17, 15) is 4.57 Å². The van der Waals surface area contributed by atoms with Crippen molar-refractivity contribution < 1.29 is 13.6 Å². The smallest absolute Gasteiger partial charge is 0.301 e. The van der Waals surface area contributed by atoms with Crippen LogP contribution in [0.15, 0.2) is 6.20 Å². The lowest BCUT2D eigenvalue weighted by molar-refractivity contribution is 0.0877. The molecule has 1 N–H and O–H groups in total. The maximum Gasteiger partial charge on any atom is 0.383 e. The predicted molar refractivity (Wildman–Crippen MR) is 60.7 cm³/mol. The van der Waals surface area contributed by atoms with Gasteiger partial charge in [-0.3, -0.25) is 9.09 Å². The molecule has 0 saturated carbocycles. The van der Waals surface area contributed by atoms with Gasteiger partial charge in [0.2, 0.25) is 0 Å². The lowest BCUT2D eigenvalue weighted by atomic mass is 10.2. The van der Waals surface area contributed by atoms with Gasteiger partial charge in [0.25, 0.3) is 0 Å². The first-order valence-corrected chi connectivity index (χ1v) is 6.63. The minimum atomic E-state index is -3.41. The summed E-state index contributed by atoms with van der Waals surface area (Å²) >= 11 is 0. The zero-order valence-corrected chi connectivity index (χ0v) is 11.1. The molecule has 1 atom stereocenters. The Kier molecular flexibility index (Phi) is 3.88. The van der Waals surface area contributed by atoms with Crippen LogP contribution >= 0.6 is 7.60 Å². The highest BCUT2D eigenvalue weighted by Gasteiger charge is 2.36. The Morgan fingerprint density at radius 2 is 2.06 bits per heavy atom. The van der Waals surface area contributed by atoms with Crippen molar-refractivity contribution in [3.05, 3.63) is 6.20 Å². The van der Waals surface area contributed by atoms with Crippen LogP contribution in [-0.4, -0.2) is 27.1 Å². The highest BCUT2D eigenvalue weighted by atomic mass is 31.2. The molecule has 0 amide bonds. The van der Waals surface area contributed by atoms with Crippen molar-refractivity contribution >= 4 is 13.0 Å². The fraction of sp³-hybridized carbons (Fsp3) is 0.778. The molecule has 16 heavy (non-hydrogen) atoms. The quantitative estimate of drug-likeness (QED) is 0.822. The number of hydrogen-bond donors (Lipinski definition) is 1. The standard InChI is InChI=1S/C9H18N3O3P/c1-7(2)14-16(13,15-9(3,4)5)8-6-10-12-11-8/h6-7H,1-5H3,(H,10,11,12). The summed E-state index contributed by atoms with van der Waals surface area (Å²) in [5, 5.41) is 9.80. The molecular formula is C9H18N3O3P. The number of nitrogens with zero attached hydrogens (tertiary/aromatic N) is 2. The molecular weight excluding hydrogens is 229 g/mol. The van der Waals surface area contributed by atoms with E-state index >= 15 is 0 Å². The fourth-order valence-electron chi connectivity index (χ4n) is 1.09. The summed E-state index contributed by atoms with van der Waals surface area (Å²) in [7, 11) is -3.41. The summed E-state index contributed by atoms with van der Waals surface area (Å²) in [6, 6.07) is 0. The summed E-state index contributed by atoms with van der Waals surface area (Å²) in [6.45, 7) is 9.01. The first-order valence-electron chi connectivity index (χ1n) is 5.08. The number of aromatic nitrogens is 3. The first kappa shape index (κ1) is 13.4. The van der Waals surface area contributed by atoms with E-state index in [1.165, 1.54) is 6.20 Å². The molecule has 0 aliphatic carbocycles. The van der Waals surface area contributed by atoms with E-state index in [4.69, 9.17) is 9.05 Å². The topological polar surface area (TPSA) is 77.1 Å². The van der Waals surface area contributed by atoms with Crippen LogP contribution < -0.4 is 5.44 Å². The van der Waals surface area contributed by atoms with Crippen LogP contribution in [0.25, 0.3) is 0 Å². The zero-order chi connectivity index (χ0) is 12.4. The molecule has 0 bridgehead atoms. The van der Waals surface area contributed by atoms with Crippen LogP contribution in [0.2, 0.25) is 0 Å². The summed E-state index contributed by atoms with van der Waals surface area (Å²) in [6.07, 6.45) is 1.14. The average Bonchev–Trinajstić information content (AvgIpc) is 2.48. The van der Waals surface area contributed by atoms with Crippen molar-refractivity contribution in [2.75, 3.05) is 0 Å². The highest BCUT2D eigenvalue weighted by molar-refractivity contribution is 7.62. The summed E-state index contributed by atoms with van der Waals surface area (Å²) < 4.78 is 23.4. The number of rotatable bonds is 4. The molecule has 0 spiro atoms. The zero-order valence-electron chi connectivity index (χ0n) is 10.2. The molecule has 7 heteroatoms. The van der Waals surface area contributed by atoms with Gasteiger partial charge in [0.05, 0.1) is 17.9 Å². The first-order chi connectivity index (χ1) is 7.23. The monoisotopic (exact) mass is 247 g/mol. The Morgan fingerprint density at radius 1 is 1.44 bits per heavy atom. The molecule has 0 fully saturated rings. The van der Waals surface area contributed by atoms with Crippen molar-refractivity contribution in [2.45, 2.75) is 46.3 Å². The third kappa shape index (κ3) is 3.70. The van der Waals surface area contributed by atoms with Crippen molar-refractivity contribution in [1.82, 2.24) is 15.4 Å². The molecule has 1 aromatic rings. The van der Waals surface area contributed by atoms with E-state index in [1.807, 2.05) is 20.8 Å². The minimum absolute atomic E-state index is 0.205. The van der Waals surface area contributed by atoms with Gasteiger partial charge in [-0.15, -0.1) is 5.10 Å². The second kappa shape index (κ2) is 4.65. The van der Waals surface area contributed by atoms with Gasteiger partial charge in [-0.05, 0) is 34.6 Å². The van der Waals surface area contributed by atoms with Crippen molar-refractivity contribution in [3.63, 3.8) is 0 Å². The molecule has 1 rings (SSSR count). The third-order valence-electron chi connectivity index (χ3n) is 1.43. The summed E-state index contributed by atoms with van der Waals surface area (Å²) in [5.41, 5.74) is -0.375. The van der Waals surface area contributed by atoms with Gasteiger partial charge in [0.15, 0.2) is 5.44 Å². The maximum atomic E-state index is 12.5. The number of nitrogens with one attached hydrogen (secondary N) is 1. The van der Waals surface area contributed by atoms with Crippen molar-refractivity contribution in [1.29, 1.82) is 0 Å². The Morgan fingerprint density at radius 3 is 2.44 bits per heavy atom. The molecule has 0 aromatic carbocycles. The Bertz CT molecular complexity index is 370. The minimum Gasteiger partial charge on any atom is -0.301 e. The van der Waals surface area contributed by atoms with Crippen LogP contribution in [0.4, 0.5) is 0 Å². The van der Waals surface area contributed by atoms with Gasteiger partial charge in [-0.2, -0.15) is 10.3 Å². The number of aromatic amines is 1. The van der Waals surface area contributed by atoms with Gasteiger partial charge >= 0.3 is 7.60 Å². The molecule has 0 aliphatic rings. The van der Waals surface area contributed by atoms with Crippen LogP contribution in [0.3, 0.4) is 0 Å². The van der Waals surface area contributed by atoms with E-state index in [1.54, 1.807) is 13.8 Å². The molecule has 0 radical (unpaired) electrons. The second-order valence-corrected chi connectivity index (χ2v) is 6.53. The molecule has 92 valence electrons. The lowest BCUT2D eigenvalue weighted by Gasteiger charge is -2.26. The van der Waals surface area contributed by atoms with Crippen LogP contribution in [-0.2, 0) is 13.6 Å². The van der Waals surface area contributed by atoms with E-state index < -0.39 is 13.2 Å². The van der Waals surface area contributed by atoms with Crippen molar-refractivity contribution in [3.8, 4) is 0 Å². The molecule has 0 saturated heterocycles. The molecule has 1 unspecified atom stereocenters. The molecule has 1 aromatic heterocycles. The van der Waals surface area contributed by atoms with Gasteiger partial charge < -0.3 is 4.52 Å². The normalized spacial score (nSPS) is 16.4. The largest absolute Gasteiger partial charge is 0.383 e. The van der Waals surface area contributed by atoms with Gasteiger partial charge in [-0.1, -0.05) is 0 Å². The summed E-state index contributed by atoms with van der Waals surface area (Å²) in [4.78, 5) is 0. The fourth-order valence-corrected chi connectivity index (χ4v) is 2.97. The summed E-state index contributed by atoms with van der Waals surface area (Å²) in [5.74, 6) is 0. The van der Waals surface area contributed by atoms with E-state index in [-0.39, 0.29) is 11.5 Å². The van der Waals surface area contributed by atoms with Crippen LogP contribution in [0, 0.1) is 0 Å². The Hall–Kier alpha value is -0.710. The van der Waals surface area contributed by atoms with Gasteiger partial charge in [-0.25, -0.2) is 0 Å². The maximum absolute atomic E-state index is 12.5. The Labute approximate surface area is 95.3 Å². The van der Waals surface area contributed by atoms with Crippen molar-refractivity contribution in [2.24, 2.45) is 0 Å². The highest BCUT2D eigenvalue weighted by Crippen LogP contribution is 2.50. The predicted octanol–water partition coefficient (Wildman–Crippen LogP) is 1.86. The van der Waals surface area contributed by atoms with E-state index in [2.05, 4.69) is 15.4 Å². The van der Waals surface area contributed by atoms with E-state index in [0.29, 0.717) is 0 Å². The lowest BCUT2D eigenvalue weighted by Crippen LogP contribution is -2.24.